The number of carbonyl (C=O) groups is 2. The van der Waals surface area contributed by atoms with Gasteiger partial charge in [0.15, 0.2) is 5.76 Å². The number of carbonyl (C=O) groups excluding carboxylic acids is 2. The third-order valence-electron chi connectivity index (χ3n) is 6.18. The first-order valence-corrected chi connectivity index (χ1v) is 12.5. The average molecular weight is 506 g/mol. The van der Waals surface area contributed by atoms with E-state index in [4.69, 9.17) is 14.9 Å². The fourth-order valence-corrected chi connectivity index (χ4v) is 4.19. The second-order valence-electron chi connectivity index (χ2n) is 9.35. The number of piperazine rings is 1. The maximum absolute atomic E-state index is 13.5. The second kappa shape index (κ2) is 12.4. The second-order valence-corrected chi connectivity index (χ2v) is 9.35. The van der Waals surface area contributed by atoms with Crippen molar-refractivity contribution in [2.75, 3.05) is 59.2 Å². The molecule has 9 nitrogen and oxygen atoms in total. The van der Waals surface area contributed by atoms with Crippen LogP contribution in [0.4, 0.5) is 5.69 Å². The maximum atomic E-state index is 13.5. The highest BCUT2D eigenvalue weighted by Crippen LogP contribution is 2.25. The lowest BCUT2D eigenvalue weighted by molar-refractivity contribution is -0.134. The summed E-state index contributed by atoms with van der Waals surface area (Å²) >= 11 is 0. The van der Waals surface area contributed by atoms with Gasteiger partial charge in [0.25, 0.3) is 5.91 Å². The van der Waals surface area contributed by atoms with Crippen molar-refractivity contribution >= 4 is 17.5 Å². The molecule has 0 aliphatic carbocycles. The number of amides is 2. The number of hydrogen-bond donors (Lipinski definition) is 3. The molecule has 4 rings (SSSR count). The third-order valence-corrected chi connectivity index (χ3v) is 6.18. The molecule has 0 saturated carbocycles. The summed E-state index contributed by atoms with van der Waals surface area (Å²) in [6, 6.07) is 17.0. The van der Waals surface area contributed by atoms with Crippen LogP contribution in [0.25, 0.3) is 11.3 Å². The predicted molar refractivity (Wildman–Crippen MR) is 143 cm³/mol. The Kier molecular flexibility index (Phi) is 8.81. The first kappa shape index (κ1) is 26.2. The van der Waals surface area contributed by atoms with Crippen molar-refractivity contribution in [3.05, 3.63) is 72.0 Å². The van der Waals surface area contributed by atoms with E-state index in [2.05, 4.69) is 15.5 Å². The van der Waals surface area contributed by atoms with Gasteiger partial charge in [-0.3, -0.25) is 9.59 Å². The number of benzene rings is 2. The Labute approximate surface area is 217 Å². The standard InChI is InChI=1S/C28H35N5O4/c1-32(2)15-4-18-36-23-9-7-20(8-10-23)26(28(35)33-16-13-30-14-17-33)31-27(34)25-12-11-24(37-25)21-5-3-6-22(29)19-21/h3,5-12,19,26,30H,4,13-18,29H2,1-2H3,(H,31,34). The first-order valence-electron chi connectivity index (χ1n) is 12.5. The zero-order valence-electron chi connectivity index (χ0n) is 21.4. The first-order chi connectivity index (χ1) is 17.9. The summed E-state index contributed by atoms with van der Waals surface area (Å²) in [5.74, 6) is 0.749. The largest absolute Gasteiger partial charge is 0.494 e. The molecule has 1 aromatic heterocycles. The lowest BCUT2D eigenvalue weighted by atomic mass is 10.0. The van der Waals surface area contributed by atoms with E-state index in [1.807, 2.05) is 50.5 Å². The van der Waals surface area contributed by atoms with Gasteiger partial charge in [0.1, 0.15) is 17.6 Å². The van der Waals surface area contributed by atoms with E-state index in [0.717, 1.165) is 24.3 Å². The molecule has 1 unspecified atom stereocenters. The SMILES string of the molecule is CN(C)CCCOc1ccc(C(NC(=O)c2ccc(-c3cccc(N)c3)o2)C(=O)N2CCNCC2)cc1. The molecular weight excluding hydrogens is 470 g/mol. The van der Waals surface area contributed by atoms with Gasteiger partial charge in [-0.2, -0.15) is 0 Å². The van der Waals surface area contributed by atoms with Gasteiger partial charge in [-0.15, -0.1) is 0 Å². The summed E-state index contributed by atoms with van der Waals surface area (Å²) in [5, 5.41) is 6.14. The summed E-state index contributed by atoms with van der Waals surface area (Å²) in [7, 11) is 4.06. The van der Waals surface area contributed by atoms with Crippen LogP contribution in [0, 0.1) is 0 Å². The van der Waals surface area contributed by atoms with Crippen molar-refractivity contribution in [3.63, 3.8) is 0 Å². The highest BCUT2D eigenvalue weighted by molar-refractivity contribution is 5.96. The molecule has 9 heteroatoms. The van der Waals surface area contributed by atoms with Crippen LogP contribution < -0.4 is 21.1 Å². The number of ether oxygens (including phenoxy) is 1. The van der Waals surface area contributed by atoms with Crippen LogP contribution in [0.15, 0.2) is 65.1 Å². The lowest BCUT2D eigenvalue weighted by Gasteiger charge is -2.31. The minimum atomic E-state index is -0.852. The number of nitrogen functional groups attached to an aromatic ring is 1. The molecule has 0 spiro atoms. The molecule has 1 aliphatic heterocycles. The van der Waals surface area contributed by atoms with E-state index < -0.39 is 11.9 Å². The summed E-state index contributed by atoms with van der Waals surface area (Å²) in [6.45, 7) is 4.14. The van der Waals surface area contributed by atoms with Gasteiger partial charge in [-0.1, -0.05) is 24.3 Å². The smallest absolute Gasteiger partial charge is 0.287 e. The van der Waals surface area contributed by atoms with Crippen LogP contribution in [-0.2, 0) is 4.79 Å². The minimum Gasteiger partial charge on any atom is -0.494 e. The molecule has 0 bridgehead atoms. The van der Waals surface area contributed by atoms with Crippen molar-refractivity contribution < 1.29 is 18.7 Å². The van der Waals surface area contributed by atoms with Crippen molar-refractivity contribution in [2.24, 2.45) is 0 Å². The number of nitrogens with one attached hydrogen (secondary N) is 2. The zero-order valence-corrected chi connectivity index (χ0v) is 21.4. The Hall–Kier alpha value is -3.82. The molecule has 1 saturated heterocycles. The van der Waals surface area contributed by atoms with Crippen molar-refractivity contribution in [1.29, 1.82) is 0 Å². The summed E-state index contributed by atoms with van der Waals surface area (Å²) in [4.78, 5) is 30.6. The molecule has 2 heterocycles. The molecule has 1 fully saturated rings. The van der Waals surface area contributed by atoms with Gasteiger partial charge >= 0.3 is 0 Å². The highest BCUT2D eigenvalue weighted by Gasteiger charge is 2.29. The molecular formula is C28H35N5O4. The lowest BCUT2D eigenvalue weighted by Crippen LogP contribution is -2.50. The number of hydrogen-bond acceptors (Lipinski definition) is 7. The quantitative estimate of drug-likeness (QED) is 0.287. The molecule has 2 aromatic carbocycles. The fraction of sp³-hybridized carbons (Fsp3) is 0.357. The van der Waals surface area contributed by atoms with Crippen LogP contribution >= 0.6 is 0 Å². The van der Waals surface area contributed by atoms with Gasteiger partial charge in [0.05, 0.1) is 6.61 Å². The molecule has 1 aliphatic rings. The summed E-state index contributed by atoms with van der Waals surface area (Å²) in [5.41, 5.74) is 7.93. The topological polar surface area (TPSA) is 113 Å². The number of rotatable bonds is 10. The average Bonchev–Trinajstić information content (AvgIpc) is 3.41. The maximum Gasteiger partial charge on any atom is 0.287 e. The van der Waals surface area contributed by atoms with Crippen LogP contribution in [0.5, 0.6) is 5.75 Å². The van der Waals surface area contributed by atoms with Gasteiger partial charge in [-0.05, 0) is 62.5 Å². The Balaban J connectivity index is 1.49. The van der Waals surface area contributed by atoms with Gasteiger partial charge < -0.3 is 35.3 Å². The van der Waals surface area contributed by atoms with E-state index in [9.17, 15) is 9.59 Å². The van der Waals surface area contributed by atoms with E-state index in [-0.39, 0.29) is 11.7 Å². The van der Waals surface area contributed by atoms with E-state index in [1.165, 1.54) is 0 Å². The van der Waals surface area contributed by atoms with E-state index in [0.29, 0.717) is 49.8 Å². The summed E-state index contributed by atoms with van der Waals surface area (Å²) in [6.07, 6.45) is 0.912. The number of furan rings is 1. The Morgan fingerprint density at radius 3 is 2.57 bits per heavy atom. The fourth-order valence-electron chi connectivity index (χ4n) is 4.19. The van der Waals surface area contributed by atoms with Crippen molar-refractivity contribution in [3.8, 4) is 17.1 Å². The van der Waals surface area contributed by atoms with Crippen LogP contribution in [0.3, 0.4) is 0 Å². The normalized spacial score (nSPS) is 14.4. The number of nitrogens with zero attached hydrogens (tertiary/aromatic N) is 2. The highest BCUT2D eigenvalue weighted by atomic mass is 16.5. The summed E-state index contributed by atoms with van der Waals surface area (Å²) < 4.78 is 11.6. The Morgan fingerprint density at radius 2 is 1.86 bits per heavy atom. The monoisotopic (exact) mass is 505 g/mol. The third kappa shape index (κ3) is 7.12. The number of anilines is 1. The predicted octanol–water partition coefficient (Wildman–Crippen LogP) is 2.76. The minimum absolute atomic E-state index is 0.122. The number of nitrogens with two attached hydrogens (primary N) is 1. The van der Waals surface area contributed by atoms with Gasteiger partial charge in [0, 0.05) is 44.0 Å². The Morgan fingerprint density at radius 1 is 1.11 bits per heavy atom. The molecule has 2 amide bonds. The molecule has 0 radical (unpaired) electrons. The van der Waals surface area contributed by atoms with Crippen LogP contribution in [0.2, 0.25) is 0 Å². The van der Waals surface area contributed by atoms with Crippen molar-refractivity contribution in [1.82, 2.24) is 20.4 Å². The van der Waals surface area contributed by atoms with Crippen LogP contribution in [-0.4, -0.2) is 75.0 Å². The van der Waals surface area contributed by atoms with Gasteiger partial charge in [0.2, 0.25) is 5.91 Å². The van der Waals surface area contributed by atoms with E-state index >= 15 is 0 Å². The zero-order chi connectivity index (χ0) is 26.2. The molecule has 37 heavy (non-hydrogen) atoms. The van der Waals surface area contributed by atoms with Crippen molar-refractivity contribution in [2.45, 2.75) is 12.5 Å². The molecule has 3 aromatic rings. The van der Waals surface area contributed by atoms with Crippen LogP contribution in [0.1, 0.15) is 28.6 Å². The molecule has 4 N–H and O–H groups in total. The van der Waals surface area contributed by atoms with E-state index in [1.54, 1.807) is 29.2 Å². The molecule has 196 valence electrons. The van der Waals surface area contributed by atoms with Gasteiger partial charge in [-0.25, -0.2) is 0 Å². The Bertz CT molecular complexity index is 1190. The molecule has 1 atom stereocenters.